The van der Waals surface area contributed by atoms with Crippen LogP contribution in [-0.2, 0) is 14.8 Å². The maximum absolute atomic E-state index is 13.1. The summed E-state index contributed by atoms with van der Waals surface area (Å²) >= 11 is 0. The van der Waals surface area contributed by atoms with E-state index in [-0.39, 0.29) is 30.0 Å². The zero-order chi connectivity index (χ0) is 20.7. The summed E-state index contributed by atoms with van der Waals surface area (Å²) < 4.78 is 32.6. The molecular formula is C18H20N2O7S. The fourth-order valence-corrected chi connectivity index (χ4v) is 4.07. The van der Waals surface area contributed by atoms with Crippen molar-refractivity contribution in [2.24, 2.45) is 0 Å². The number of rotatable bonds is 10. The van der Waals surface area contributed by atoms with Crippen molar-refractivity contribution in [3.63, 3.8) is 0 Å². The second-order valence-electron chi connectivity index (χ2n) is 5.76. The molecule has 0 atom stereocenters. The van der Waals surface area contributed by atoms with Crippen LogP contribution in [0.2, 0.25) is 0 Å². The molecule has 0 unspecified atom stereocenters. The number of carboxylic acids is 1. The van der Waals surface area contributed by atoms with Gasteiger partial charge in [0.15, 0.2) is 0 Å². The Labute approximate surface area is 162 Å². The van der Waals surface area contributed by atoms with E-state index in [1.807, 2.05) is 6.92 Å². The Bertz CT molecular complexity index is 943. The first-order valence-corrected chi connectivity index (χ1v) is 9.91. The van der Waals surface area contributed by atoms with Crippen molar-refractivity contribution in [3.05, 3.63) is 58.6 Å². The molecule has 0 aromatic heterocycles. The first kappa shape index (κ1) is 21.2. The molecule has 150 valence electrons. The molecule has 0 amide bonds. The van der Waals surface area contributed by atoms with Crippen LogP contribution in [-0.4, -0.2) is 37.6 Å². The summed E-state index contributed by atoms with van der Waals surface area (Å²) in [6, 6.07) is 11.0. The van der Waals surface area contributed by atoms with Gasteiger partial charge in [-0.2, -0.15) is 0 Å². The summed E-state index contributed by atoms with van der Waals surface area (Å²) in [4.78, 5) is 20.9. The van der Waals surface area contributed by atoms with E-state index in [4.69, 9.17) is 9.84 Å². The molecule has 2 aromatic rings. The van der Waals surface area contributed by atoms with E-state index in [2.05, 4.69) is 0 Å². The third kappa shape index (κ3) is 5.19. The summed E-state index contributed by atoms with van der Waals surface area (Å²) in [5.74, 6) is -0.483. The summed E-state index contributed by atoms with van der Waals surface area (Å²) in [7, 11) is -4.14. The van der Waals surface area contributed by atoms with E-state index in [1.165, 1.54) is 18.2 Å². The maximum Gasteiger partial charge on any atom is 0.303 e. The highest BCUT2D eigenvalue weighted by Crippen LogP contribution is 2.28. The highest BCUT2D eigenvalue weighted by molar-refractivity contribution is 7.92. The second-order valence-corrected chi connectivity index (χ2v) is 7.62. The average molecular weight is 408 g/mol. The molecule has 0 bridgehead atoms. The molecule has 1 N–H and O–H groups in total. The number of carbonyl (C=O) groups is 1. The lowest BCUT2D eigenvalue weighted by molar-refractivity contribution is -0.385. The van der Waals surface area contributed by atoms with Crippen molar-refractivity contribution in [3.8, 4) is 5.75 Å². The molecule has 0 heterocycles. The summed E-state index contributed by atoms with van der Waals surface area (Å²) in [6.45, 7) is 2.18. The Morgan fingerprint density at radius 3 is 2.46 bits per heavy atom. The molecule has 0 saturated carbocycles. The van der Waals surface area contributed by atoms with E-state index in [1.54, 1.807) is 24.3 Å². The van der Waals surface area contributed by atoms with Crippen molar-refractivity contribution in [1.82, 2.24) is 0 Å². The number of anilines is 1. The van der Waals surface area contributed by atoms with Crippen LogP contribution >= 0.6 is 0 Å². The lowest BCUT2D eigenvalue weighted by atomic mass is 10.2. The van der Waals surface area contributed by atoms with E-state index in [0.717, 1.165) is 10.4 Å². The van der Waals surface area contributed by atoms with Gasteiger partial charge in [0.1, 0.15) is 5.75 Å². The van der Waals surface area contributed by atoms with Gasteiger partial charge in [0.05, 0.1) is 22.1 Å². The van der Waals surface area contributed by atoms with Gasteiger partial charge in [-0.1, -0.05) is 6.07 Å². The van der Waals surface area contributed by atoms with Gasteiger partial charge < -0.3 is 9.84 Å². The molecule has 0 radical (unpaired) electrons. The molecule has 0 aliphatic heterocycles. The van der Waals surface area contributed by atoms with Gasteiger partial charge >= 0.3 is 5.97 Å². The SMILES string of the molecule is CCOc1ccc(N(CCCC(=O)O)S(=O)(=O)c2cccc([N+](=O)[O-])c2)cc1. The average Bonchev–Trinajstić information content (AvgIpc) is 2.66. The normalized spacial score (nSPS) is 11.0. The number of carboxylic acid groups (broad SMARTS) is 1. The zero-order valence-electron chi connectivity index (χ0n) is 15.1. The quantitative estimate of drug-likeness (QED) is 0.473. The van der Waals surface area contributed by atoms with Crippen molar-refractivity contribution in [2.45, 2.75) is 24.7 Å². The number of sulfonamides is 1. The van der Waals surface area contributed by atoms with Gasteiger partial charge in [-0.25, -0.2) is 8.42 Å². The molecule has 0 saturated heterocycles. The van der Waals surface area contributed by atoms with E-state index >= 15 is 0 Å². The Balaban J connectivity index is 2.42. The number of non-ortho nitro benzene ring substituents is 1. The summed E-state index contributed by atoms with van der Waals surface area (Å²) in [5, 5.41) is 19.8. The Hall–Kier alpha value is -3.14. The number of nitro groups is 1. The molecule has 10 heteroatoms. The number of ether oxygens (including phenoxy) is 1. The van der Waals surface area contributed by atoms with Gasteiger partial charge in [-0.3, -0.25) is 19.2 Å². The van der Waals surface area contributed by atoms with Gasteiger partial charge in [0.2, 0.25) is 0 Å². The van der Waals surface area contributed by atoms with Crippen LogP contribution in [0, 0.1) is 10.1 Å². The smallest absolute Gasteiger partial charge is 0.303 e. The Morgan fingerprint density at radius 2 is 1.89 bits per heavy atom. The fraction of sp³-hybridized carbons (Fsp3) is 0.278. The molecule has 2 aromatic carbocycles. The van der Waals surface area contributed by atoms with E-state index in [0.29, 0.717) is 18.0 Å². The minimum absolute atomic E-state index is 0.0801. The van der Waals surface area contributed by atoms with Gasteiger partial charge in [0, 0.05) is 25.1 Å². The minimum atomic E-state index is -4.14. The zero-order valence-corrected chi connectivity index (χ0v) is 16.0. The monoisotopic (exact) mass is 408 g/mol. The minimum Gasteiger partial charge on any atom is -0.494 e. The summed E-state index contributed by atoms with van der Waals surface area (Å²) in [6.07, 6.45) is -0.130. The lowest BCUT2D eigenvalue weighted by Crippen LogP contribution is -2.32. The molecule has 2 rings (SSSR count). The van der Waals surface area contributed by atoms with E-state index < -0.39 is 20.9 Å². The Morgan fingerprint density at radius 1 is 1.21 bits per heavy atom. The predicted octanol–water partition coefficient (Wildman–Crippen LogP) is 3.05. The van der Waals surface area contributed by atoms with Crippen molar-refractivity contribution in [1.29, 1.82) is 0 Å². The standard InChI is InChI=1S/C18H20N2O7S/c1-2-27-16-10-8-14(9-11-16)19(12-4-7-18(21)22)28(25,26)17-6-3-5-15(13-17)20(23)24/h3,5-6,8-11,13H,2,4,7,12H2,1H3,(H,21,22). The number of hydrogen-bond donors (Lipinski definition) is 1. The molecule has 9 nitrogen and oxygen atoms in total. The molecular weight excluding hydrogens is 388 g/mol. The van der Waals surface area contributed by atoms with Crippen LogP contribution in [0.25, 0.3) is 0 Å². The number of nitro benzene ring substituents is 1. The van der Waals surface area contributed by atoms with Crippen LogP contribution in [0.5, 0.6) is 5.75 Å². The molecule has 0 aliphatic rings. The van der Waals surface area contributed by atoms with Crippen molar-refractivity contribution >= 4 is 27.4 Å². The second kappa shape index (κ2) is 9.18. The number of benzene rings is 2. The van der Waals surface area contributed by atoms with Crippen LogP contribution in [0.3, 0.4) is 0 Å². The largest absolute Gasteiger partial charge is 0.494 e. The van der Waals surface area contributed by atoms with Crippen molar-refractivity contribution in [2.75, 3.05) is 17.5 Å². The molecule has 28 heavy (non-hydrogen) atoms. The highest BCUT2D eigenvalue weighted by atomic mass is 32.2. The first-order valence-electron chi connectivity index (χ1n) is 8.47. The number of aliphatic carboxylic acids is 1. The van der Waals surface area contributed by atoms with Crippen LogP contribution in [0.1, 0.15) is 19.8 Å². The summed E-state index contributed by atoms with van der Waals surface area (Å²) in [5.41, 5.74) is -0.0430. The van der Waals surface area contributed by atoms with Gasteiger partial charge in [0.25, 0.3) is 15.7 Å². The maximum atomic E-state index is 13.1. The van der Waals surface area contributed by atoms with Gasteiger partial charge in [-0.05, 0) is 43.7 Å². The van der Waals surface area contributed by atoms with E-state index in [9.17, 15) is 23.3 Å². The van der Waals surface area contributed by atoms with Crippen molar-refractivity contribution < 1.29 is 28.0 Å². The Kier molecular flexibility index (Phi) is 6.94. The predicted molar refractivity (Wildman–Crippen MR) is 102 cm³/mol. The molecule has 0 aliphatic carbocycles. The first-order chi connectivity index (χ1) is 13.3. The third-order valence-corrected chi connectivity index (χ3v) is 5.63. The molecule has 0 spiro atoms. The van der Waals surface area contributed by atoms with Gasteiger partial charge in [-0.15, -0.1) is 0 Å². The van der Waals surface area contributed by atoms with Crippen LogP contribution in [0.15, 0.2) is 53.4 Å². The number of hydrogen-bond acceptors (Lipinski definition) is 6. The highest BCUT2D eigenvalue weighted by Gasteiger charge is 2.26. The fourth-order valence-electron chi connectivity index (χ4n) is 2.52. The third-order valence-electron chi connectivity index (χ3n) is 3.80. The topological polar surface area (TPSA) is 127 Å². The van der Waals surface area contributed by atoms with Crippen LogP contribution < -0.4 is 9.04 Å². The molecule has 0 fully saturated rings. The van der Waals surface area contributed by atoms with Crippen LogP contribution in [0.4, 0.5) is 11.4 Å². The number of nitrogens with zero attached hydrogens (tertiary/aromatic N) is 2. The lowest BCUT2D eigenvalue weighted by Gasteiger charge is -2.24.